The van der Waals surface area contributed by atoms with Crippen LogP contribution >= 0.6 is 11.3 Å². The molecule has 3 rings (SSSR count). The van der Waals surface area contributed by atoms with Crippen molar-refractivity contribution in [3.63, 3.8) is 0 Å². The van der Waals surface area contributed by atoms with E-state index in [-0.39, 0.29) is 5.82 Å². The van der Waals surface area contributed by atoms with Gasteiger partial charge in [-0.25, -0.2) is 9.37 Å². The first-order valence-electron chi connectivity index (χ1n) is 6.22. The Morgan fingerprint density at radius 2 is 1.85 bits per heavy atom. The van der Waals surface area contributed by atoms with Crippen molar-refractivity contribution in [3.8, 4) is 0 Å². The maximum atomic E-state index is 13.1. The van der Waals surface area contributed by atoms with E-state index in [0.717, 1.165) is 26.7 Å². The fourth-order valence-electron chi connectivity index (χ4n) is 1.92. The molecule has 0 atom stereocenters. The molecular weight excluding hydrogens is 273 g/mol. The summed E-state index contributed by atoms with van der Waals surface area (Å²) in [5.74, 6) is -0.233. The lowest BCUT2D eigenvalue weighted by molar-refractivity contribution is 0.630. The quantitative estimate of drug-likeness (QED) is 0.780. The number of aromatic nitrogens is 1. The second kappa shape index (κ2) is 5.09. The number of benzene rings is 2. The molecule has 0 bridgehead atoms. The van der Waals surface area contributed by atoms with Gasteiger partial charge in [-0.3, -0.25) is 0 Å². The molecule has 102 valence electrons. The Morgan fingerprint density at radius 1 is 1.10 bits per heavy atom. The summed E-state index contributed by atoms with van der Waals surface area (Å²) in [6.45, 7) is 0. The number of hydrogen-bond donors (Lipinski definition) is 1. The predicted octanol–water partition coefficient (Wildman–Crippen LogP) is 4.25. The van der Waals surface area contributed by atoms with E-state index in [1.165, 1.54) is 23.5 Å². The average molecular weight is 287 g/mol. The average Bonchev–Trinajstić information content (AvgIpc) is 2.80. The number of thiazole rings is 1. The number of rotatable bonds is 3. The van der Waals surface area contributed by atoms with Gasteiger partial charge in [-0.05, 0) is 42.5 Å². The van der Waals surface area contributed by atoms with Crippen LogP contribution in [0.2, 0.25) is 0 Å². The summed E-state index contributed by atoms with van der Waals surface area (Å²) < 4.78 is 14.0. The highest BCUT2D eigenvalue weighted by atomic mass is 32.1. The van der Waals surface area contributed by atoms with E-state index < -0.39 is 0 Å². The van der Waals surface area contributed by atoms with Crippen LogP contribution in [-0.4, -0.2) is 19.1 Å². The number of anilines is 3. The summed E-state index contributed by atoms with van der Waals surface area (Å²) in [6.07, 6.45) is 0. The van der Waals surface area contributed by atoms with E-state index in [1.807, 2.05) is 43.3 Å². The van der Waals surface area contributed by atoms with Crippen LogP contribution in [0.5, 0.6) is 0 Å². The van der Waals surface area contributed by atoms with Gasteiger partial charge in [0.15, 0.2) is 5.13 Å². The third kappa shape index (κ3) is 2.58. The minimum absolute atomic E-state index is 0.233. The van der Waals surface area contributed by atoms with Gasteiger partial charge in [0.2, 0.25) is 0 Å². The van der Waals surface area contributed by atoms with E-state index in [2.05, 4.69) is 10.3 Å². The molecular formula is C15H14FN3S. The van der Waals surface area contributed by atoms with Crippen LogP contribution in [0.3, 0.4) is 0 Å². The highest BCUT2D eigenvalue weighted by molar-refractivity contribution is 7.22. The Bertz CT molecular complexity index is 734. The monoisotopic (exact) mass is 287 g/mol. The van der Waals surface area contributed by atoms with E-state index in [1.54, 1.807) is 6.07 Å². The molecule has 0 saturated heterocycles. The zero-order valence-electron chi connectivity index (χ0n) is 11.2. The van der Waals surface area contributed by atoms with Crippen LogP contribution in [0.15, 0.2) is 42.5 Å². The maximum absolute atomic E-state index is 13.1. The topological polar surface area (TPSA) is 28.2 Å². The van der Waals surface area contributed by atoms with Crippen LogP contribution in [0.1, 0.15) is 0 Å². The van der Waals surface area contributed by atoms with Crippen LogP contribution in [-0.2, 0) is 0 Å². The lowest BCUT2D eigenvalue weighted by Gasteiger charge is -2.12. The van der Waals surface area contributed by atoms with E-state index in [9.17, 15) is 4.39 Å². The Kier molecular flexibility index (Phi) is 3.28. The van der Waals surface area contributed by atoms with Gasteiger partial charge >= 0.3 is 0 Å². The first-order chi connectivity index (χ1) is 9.61. The van der Waals surface area contributed by atoms with Crippen molar-refractivity contribution in [1.82, 2.24) is 4.98 Å². The van der Waals surface area contributed by atoms with Gasteiger partial charge in [-0.15, -0.1) is 0 Å². The molecule has 5 heteroatoms. The number of nitrogens with zero attached hydrogens (tertiary/aromatic N) is 2. The second-order valence-corrected chi connectivity index (χ2v) is 5.73. The lowest BCUT2D eigenvalue weighted by Crippen LogP contribution is -2.08. The molecule has 3 aromatic rings. The summed E-state index contributed by atoms with van der Waals surface area (Å²) in [5, 5.41) is 4.01. The van der Waals surface area contributed by atoms with Crippen molar-refractivity contribution in [3.05, 3.63) is 48.3 Å². The van der Waals surface area contributed by atoms with Crippen molar-refractivity contribution in [1.29, 1.82) is 0 Å². The van der Waals surface area contributed by atoms with E-state index in [0.29, 0.717) is 0 Å². The summed E-state index contributed by atoms with van der Waals surface area (Å²) in [4.78, 5) is 6.48. The molecule has 0 aliphatic carbocycles. The first kappa shape index (κ1) is 12.9. The Morgan fingerprint density at radius 3 is 2.55 bits per heavy atom. The molecule has 0 saturated carbocycles. The molecule has 0 fully saturated rings. The lowest BCUT2D eigenvalue weighted by atomic mass is 10.2. The third-order valence-electron chi connectivity index (χ3n) is 2.99. The van der Waals surface area contributed by atoms with Crippen LogP contribution in [0.4, 0.5) is 20.9 Å². The van der Waals surface area contributed by atoms with Crippen LogP contribution < -0.4 is 10.2 Å². The van der Waals surface area contributed by atoms with Gasteiger partial charge in [0.05, 0.1) is 10.2 Å². The molecule has 1 heterocycles. The van der Waals surface area contributed by atoms with Gasteiger partial charge in [-0.2, -0.15) is 0 Å². The minimum atomic E-state index is -0.233. The molecule has 0 aliphatic rings. The standard InChI is InChI=1S/C15H14FN3S/c1-19(2)12-6-4-11(5-7-12)17-15-18-13-8-3-10(16)9-14(13)20-15/h3-9H,1-2H3,(H,17,18). The van der Waals surface area contributed by atoms with Crippen molar-refractivity contribution in [2.45, 2.75) is 0 Å². The highest BCUT2D eigenvalue weighted by Gasteiger charge is 2.05. The van der Waals surface area contributed by atoms with Crippen molar-refractivity contribution < 1.29 is 4.39 Å². The van der Waals surface area contributed by atoms with Crippen LogP contribution in [0.25, 0.3) is 10.2 Å². The van der Waals surface area contributed by atoms with Crippen molar-refractivity contribution >= 4 is 38.1 Å². The molecule has 1 aromatic heterocycles. The molecule has 20 heavy (non-hydrogen) atoms. The van der Waals surface area contributed by atoms with Gasteiger partial charge in [0.25, 0.3) is 0 Å². The van der Waals surface area contributed by atoms with Crippen LogP contribution in [0, 0.1) is 5.82 Å². The molecule has 0 amide bonds. The highest BCUT2D eigenvalue weighted by Crippen LogP contribution is 2.29. The van der Waals surface area contributed by atoms with Gasteiger partial charge in [-0.1, -0.05) is 11.3 Å². The fourth-order valence-corrected chi connectivity index (χ4v) is 2.83. The fraction of sp³-hybridized carbons (Fsp3) is 0.133. The van der Waals surface area contributed by atoms with Gasteiger partial charge in [0, 0.05) is 25.5 Å². The van der Waals surface area contributed by atoms with Gasteiger partial charge in [0.1, 0.15) is 5.82 Å². The number of halogens is 1. The molecule has 0 spiro atoms. The summed E-state index contributed by atoms with van der Waals surface area (Å²) >= 11 is 1.44. The second-order valence-electron chi connectivity index (χ2n) is 4.70. The Hall–Kier alpha value is -2.14. The zero-order valence-corrected chi connectivity index (χ0v) is 12.0. The zero-order chi connectivity index (χ0) is 14.1. The summed E-state index contributed by atoms with van der Waals surface area (Å²) in [6, 6.07) is 12.7. The van der Waals surface area contributed by atoms with E-state index in [4.69, 9.17) is 0 Å². The predicted molar refractivity (Wildman–Crippen MR) is 83.6 cm³/mol. The minimum Gasteiger partial charge on any atom is -0.378 e. The Labute approximate surface area is 120 Å². The smallest absolute Gasteiger partial charge is 0.188 e. The summed E-state index contributed by atoms with van der Waals surface area (Å²) in [5.41, 5.74) is 2.92. The molecule has 0 aliphatic heterocycles. The number of fused-ring (bicyclic) bond motifs is 1. The molecule has 3 nitrogen and oxygen atoms in total. The number of hydrogen-bond acceptors (Lipinski definition) is 4. The van der Waals surface area contributed by atoms with Crippen molar-refractivity contribution in [2.24, 2.45) is 0 Å². The third-order valence-corrected chi connectivity index (χ3v) is 3.92. The largest absolute Gasteiger partial charge is 0.378 e. The molecule has 0 unspecified atom stereocenters. The number of nitrogens with one attached hydrogen (secondary N) is 1. The SMILES string of the molecule is CN(C)c1ccc(Nc2nc3ccc(F)cc3s2)cc1. The Balaban J connectivity index is 1.85. The van der Waals surface area contributed by atoms with Gasteiger partial charge < -0.3 is 10.2 Å². The molecule has 2 aromatic carbocycles. The molecule has 1 N–H and O–H groups in total. The summed E-state index contributed by atoms with van der Waals surface area (Å²) in [7, 11) is 4.01. The molecule has 0 radical (unpaired) electrons. The first-order valence-corrected chi connectivity index (χ1v) is 7.04. The normalized spacial score (nSPS) is 10.8. The van der Waals surface area contributed by atoms with Crippen molar-refractivity contribution in [2.75, 3.05) is 24.3 Å². The van der Waals surface area contributed by atoms with E-state index >= 15 is 0 Å². The maximum Gasteiger partial charge on any atom is 0.188 e.